The third kappa shape index (κ3) is 4.36. The second kappa shape index (κ2) is 9.08. The van der Waals surface area contributed by atoms with Crippen LogP contribution < -0.4 is 10.1 Å². The topological polar surface area (TPSA) is 51.2 Å². The van der Waals surface area contributed by atoms with Crippen LogP contribution in [0.1, 0.15) is 10.4 Å². The van der Waals surface area contributed by atoms with Crippen molar-refractivity contribution in [1.29, 1.82) is 0 Å². The van der Waals surface area contributed by atoms with Crippen molar-refractivity contribution in [3.63, 3.8) is 0 Å². The lowest BCUT2D eigenvalue weighted by atomic mass is 10.1. The van der Waals surface area contributed by atoms with E-state index in [1.165, 1.54) is 7.11 Å². The second-order valence-electron chi connectivity index (χ2n) is 6.22. The number of halogens is 4. The van der Waals surface area contributed by atoms with Gasteiger partial charge in [-0.05, 0) is 68.3 Å². The highest BCUT2D eigenvalue weighted by Gasteiger charge is 2.21. The molecule has 9 heteroatoms. The highest BCUT2D eigenvalue weighted by atomic mass is 79.9. The van der Waals surface area contributed by atoms with Crippen LogP contribution in [0.25, 0.3) is 20.8 Å². The molecule has 4 rings (SSSR count). The molecule has 0 saturated carbocycles. The van der Waals surface area contributed by atoms with Gasteiger partial charge >= 0.3 is 0 Å². The van der Waals surface area contributed by atoms with Crippen LogP contribution in [-0.2, 0) is 0 Å². The van der Waals surface area contributed by atoms with E-state index in [2.05, 4.69) is 69.0 Å². The van der Waals surface area contributed by atoms with Gasteiger partial charge in [0.25, 0.3) is 5.91 Å². The Balaban J connectivity index is 1.81. The van der Waals surface area contributed by atoms with Crippen LogP contribution in [0, 0.1) is 0 Å². The van der Waals surface area contributed by atoms with Gasteiger partial charge < -0.3 is 10.1 Å². The highest BCUT2D eigenvalue weighted by molar-refractivity contribution is 9.11. The summed E-state index contributed by atoms with van der Waals surface area (Å²) in [6.45, 7) is 0. The molecule has 0 bridgehead atoms. The molecular weight excluding hydrogens is 664 g/mol. The van der Waals surface area contributed by atoms with Gasteiger partial charge in [-0.1, -0.05) is 44.0 Å². The molecule has 0 aliphatic carbocycles. The van der Waals surface area contributed by atoms with Crippen LogP contribution in [-0.4, -0.2) is 18.0 Å². The van der Waals surface area contributed by atoms with E-state index in [0.717, 1.165) is 34.2 Å². The summed E-state index contributed by atoms with van der Waals surface area (Å²) in [5.74, 6) is 0.171. The molecule has 152 valence electrons. The summed E-state index contributed by atoms with van der Waals surface area (Å²) in [7, 11) is 1.53. The third-order valence-corrected chi connectivity index (χ3v) is 7.47. The molecule has 0 atom stereocenters. The van der Waals surface area contributed by atoms with E-state index in [4.69, 9.17) is 9.72 Å². The van der Waals surface area contributed by atoms with Crippen LogP contribution in [0.3, 0.4) is 0 Å². The van der Waals surface area contributed by atoms with Gasteiger partial charge in [0.15, 0.2) is 0 Å². The van der Waals surface area contributed by atoms with Crippen molar-refractivity contribution in [2.45, 2.75) is 0 Å². The number of methoxy groups -OCH3 is 1. The van der Waals surface area contributed by atoms with Gasteiger partial charge in [-0.15, -0.1) is 11.3 Å². The number of aromatic nitrogens is 1. The number of anilines is 1. The van der Waals surface area contributed by atoms with E-state index >= 15 is 0 Å². The van der Waals surface area contributed by atoms with E-state index < -0.39 is 0 Å². The van der Waals surface area contributed by atoms with Gasteiger partial charge in [-0.25, -0.2) is 4.98 Å². The minimum Gasteiger partial charge on any atom is -0.495 e. The molecule has 1 amide bonds. The predicted octanol–water partition coefficient (Wildman–Crippen LogP) is 8.27. The van der Waals surface area contributed by atoms with Crippen LogP contribution in [0.5, 0.6) is 5.75 Å². The summed E-state index contributed by atoms with van der Waals surface area (Å²) in [4.78, 5) is 18.0. The SMILES string of the molecule is COc1c(Br)cc(Br)cc1C(=O)Nc1c(Br)cc(Br)cc1-c1nc2ccccc2s1. The van der Waals surface area contributed by atoms with E-state index in [1.807, 2.05) is 42.5 Å². The molecular formula is C21H12Br4N2O2S. The van der Waals surface area contributed by atoms with Gasteiger partial charge in [0, 0.05) is 19.0 Å². The maximum atomic E-state index is 13.2. The maximum Gasteiger partial charge on any atom is 0.259 e. The van der Waals surface area contributed by atoms with E-state index in [-0.39, 0.29) is 5.91 Å². The van der Waals surface area contributed by atoms with Crippen molar-refractivity contribution in [3.8, 4) is 16.3 Å². The Morgan fingerprint density at radius 3 is 2.43 bits per heavy atom. The average molecular weight is 676 g/mol. The summed E-state index contributed by atoms with van der Waals surface area (Å²) < 4.78 is 9.59. The van der Waals surface area contributed by atoms with Gasteiger partial charge in [0.05, 0.1) is 33.0 Å². The second-order valence-corrected chi connectivity index (χ2v) is 10.8. The Morgan fingerprint density at radius 1 is 1.00 bits per heavy atom. The lowest BCUT2D eigenvalue weighted by Gasteiger charge is -2.15. The zero-order valence-electron chi connectivity index (χ0n) is 15.3. The molecule has 0 radical (unpaired) electrons. The van der Waals surface area contributed by atoms with Crippen LogP contribution in [0.15, 0.2) is 66.4 Å². The number of amides is 1. The Morgan fingerprint density at radius 2 is 1.70 bits per heavy atom. The Kier molecular flexibility index (Phi) is 6.64. The first kappa shape index (κ1) is 22.0. The highest BCUT2D eigenvalue weighted by Crippen LogP contribution is 2.41. The number of thiazole rings is 1. The van der Waals surface area contributed by atoms with Crippen LogP contribution in [0.4, 0.5) is 5.69 Å². The van der Waals surface area contributed by atoms with Crippen LogP contribution in [0.2, 0.25) is 0 Å². The number of hydrogen-bond acceptors (Lipinski definition) is 4. The smallest absolute Gasteiger partial charge is 0.259 e. The first-order valence-corrected chi connectivity index (χ1v) is 12.6. The zero-order valence-corrected chi connectivity index (χ0v) is 22.5. The fourth-order valence-electron chi connectivity index (χ4n) is 2.97. The molecule has 0 aliphatic rings. The molecule has 0 unspecified atom stereocenters. The monoisotopic (exact) mass is 672 g/mol. The summed E-state index contributed by atoms with van der Waals surface area (Å²) in [6.07, 6.45) is 0. The molecule has 0 fully saturated rings. The number of nitrogens with zero attached hydrogens (tertiary/aromatic N) is 1. The normalized spacial score (nSPS) is 11.0. The quantitative estimate of drug-likeness (QED) is 0.237. The summed E-state index contributed by atoms with van der Waals surface area (Å²) in [5, 5.41) is 3.85. The molecule has 0 aliphatic heterocycles. The van der Waals surface area contributed by atoms with E-state index in [9.17, 15) is 4.79 Å². The van der Waals surface area contributed by atoms with Crippen LogP contribution >= 0.6 is 75.1 Å². The molecule has 1 aromatic heterocycles. The van der Waals surface area contributed by atoms with E-state index in [1.54, 1.807) is 17.4 Å². The number of carbonyl (C=O) groups is 1. The van der Waals surface area contributed by atoms with Gasteiger partial charge in [-0.3, -0.25) is 4.79 Å². The first-order valence-electron chi connectivity index (χ1n) is 8.56. The van der Waals surface area contributed by atoms with Gasteiger partial charge in [0.2, 0.25) is 0 Å². The molecule has 1 heterocycles. The minimum atomic E-state index is -0.292. The molecule has 3 aromatic carbocycles. The number of fused-ring (bicyclic) bond motifs is 1. The maximum absolute atomic E-state index is 13.2. The lowest BCUT2D eigenvalue weighted by Crippen LogP contribution is -2.14. The zero-order chi connectivity index (χ0) is 21.4. The average Bonchev–Trinajstić information content (AvgIpc) is 3.13. The molecule has 4 aromatic rings. The summed E-state index contributed by atoms with van der Waals surface area (Å²) >= 11 is 15.6. The summed E-state index contributed by atoms with van der Waals surface area (Å²) in [6, 6.07) is 15.4. The molecule has 0 spiro atoms. The Labute approximate surface area is 210 Å². The fraction of sp³-hybridized carbons (Fsp3) is 0.0476. The van der Waals surface area contributed by atoms with Crippen molar-refractivity contribution in [3.05, 3.63) is 72.0 Å². The Bertz CT molecular complexity index is 1260. The first-order chi connectivity index (χ1) is 14.4. The van der Waals surface area contributed by atoms with Crippen molar-refractivity contribution in [2.24, 2.45) is 0 Å². The lowest BCUT2D eigenvalue weighted by molar-refractivity contribution is 0.102. The van der Waals surface area contributed by atoms with E-state index in [0.29, 0.717) is 21.5 Å². The molecule has 30 heavy (non-hydrogen) atoms. The van der Waals surface area contributed by atoms with Gasteiger partial charge in [-0.2, -0.15) is 0 Å². The van der Waals surface area contributed by atoms with Crippen molar-refractivity contribution in [1.82, 2.24) is 4.98 Å². The number of rotatable bonds is 4. The number of para-hydroxylation sites is 1. The predicted molar refractivity (Wildman–Crippen MR) is 137 cm³/mol. The fourth-order valence-corrected chi connectivity index (χ4v) is 6.67. The number of carbonyl (C=O) groups excluding carboxylic acids is 1. The summed E-state index contributed by atoms with van der Waals surface area (Å²) in [5.41, 5.74) is 2.78. The molecule has 0 saturated heterocycles. The molecule has 1 N–H and O–H groups in total. The van der Waals surface area contributed by atoms with Crippen molar-refractivity contribution >= 4 is 96.9 Å². The van der Waals surface area contributed by atoms with Crippen molar-refractivity contribution < 1.29 is 9.53 Å². The number of ether oxygens (including phenoxy) is 1. The third-order valence-electron chi connectivity index (χ3n) is 4.27. The minimum absolute atomic E-state index is 0.292. The number of hydrogen-bond donors (Lipinski definition) is 1. The van der Waals surface area contributed by atoms with Gasteiger partial charge in [0.1, 0.15) is 10.8 Å². The Hall–Kier alpha value is -1.26. The standard InChI is InChI=1S/C21H12Br4N2O2S/c1-29-19-13(7-11(23)9-15(19)25)20(28)27-18-12(6-10(22)8-14(18)24)21-26-16-4-2-3-5-17(16)30-21/h2-9H,1H3,(H,27,28). The molecule has 4 nitrogen and oxygen atoms in total. The number of benzene rings is 3. The largest absolute Gasteiger partial charge is 0.495 e. The van der Waals surface area contributed by atoms with Crippen molar-refractivity contribution in [2.75, 3.05) is 12.4 Å². The number of nitrogens with one attached hydrogen (secondary N) is 1.